The summed E-state index contributed by atoms with van der Waals surface area (Å²) in [4.78, 5) is 42.1. The molecule has 2 aliphatic rings. The highest BCUT2D eigenvalue weighted by Gasteiger charge is 2.48. The molecule has 0 bridgehead atoms. The van der Waals surface area contributed by atoms with Crippen LogP contribution >= 0.6 is 23.1 Å². The quantitative estimate of drug-likeness (QED) is 0.655. The van der Waals surface area contributed by atoms with E-state index in [-0.39, 0.29) is 35.3 Å². The van der Waals surface area contributed by atoms with Crippen LogP contribution in [0.15, 0.2) is 22.5 Å². The van der Waals surface area contributed by atoms with E-state index < -0.39 is 0 Å². The van der Waals surface area contributed by atoms with Gasteiger partial charge in [0.25, 0.3) is 0 Å². The van der Waals surface area contributed by atoms with Gasteiger partial charge in [-0.1, -0.05) is 24.6 Å². The minimum Gasteiger partial charge on any atom is -0.369 e. The zero-order chi connectivity index (χ0) is 17.6. The molecule has 1 aromatic heterocycles. The van der Waals surface area contributed by atoms with E-state index in [9.17, 15) is 14.4 Å². The van der Waals surface area contributed by atoms with Gasteiger partial charge in [0.1, 0.15) is 0 Å². The number of primary amides is 1. The lowest BCUT2D eigenvalue weighted by atomic mass is 9.81. The molecule has 2 atom stereocenters. The second-order valence-electron chi connectivity index (χ2n) is 6.40. The second kappa shape index (κ2) is 6.42. The van der Waals surface area contributed by atoms with Crippen LogP contribution in [0.5, 0.6) is 0 Å². The molecule has 130 valence electrons. The number of carbonyl (C=O) groups is 3. The Hall–Kier alpha value is -1.93. The van der Waals surface area contributed by atoms with E-state index in [1.54, 1.807) is 6.07 Å². The largest absolute Gasteiger partial charge is 0.369 e. The summed E-state index contributed by atoms with van der Waals surface area (Å²) in [6, 6.07) is 5.43. The lowest BCUT2D eigenvalue weighted by Crippen LogP contribution is -2.30. The van der Waals surface area contributed by atoms with Gasteiger partial charge in [-0.2, -0.15) is 0 Å². The molecule has 1 aliphatic heterocycles. The first-order chi connectivity index (χ1) is 12.0. The van der Waals surface area contributed by atoms with Crippen molar-refractivity contribution in [3.8, 4) is 0 Å². The SMILES string of the molecule is NC(=O)CSc1nc2ccc(N3C(=O)[C@H]4CCCC[C@H]4C3=O)cc2s1. The maximum Gasteiger partial charge on any atom is 0.237 e. The third-order valence-electron chi connectivity index (χ3n) is 4.79. The fourth-order valence-corrected chi connectivity index (χ4v) is 5.48. The summed E-state index contributed by atoms with van der Waals surface area (Å²) < 4.78 is 1.64. The van der Waals surface area contributed by atoms with Crippen LogP contribution in [-0.4, -0.2) is 28.5 Å². The van der Waals surface area contributed by atoms with Gasteiger partial charge >= 0.3 is 0 Å². The fourth-order valence-electron chi connectivity index (χ4n) is 3.64. The Morgan fingerprint density at radius 3 is 2.56 bits per heavy atom. The predicted octanol–water partition coefficient (Wildman–Crippen LogP) is 2.55. The van der Waals surface area contributed by atoms with Crippen molar-refractivity contribution in [3.63, 3.8) is 0 Å². The summed E-state index contributed by atoms with van der Waals surface area (Å²) in [6.45, 7) is 0. The summed E-state index contributed by atoms with van der Waals surface area (Å²) in [7, 11) is 0. The number of imide groups is 1. The smallest absolute Gasteiger partial charge is 0.237 e. The summed E-state index contributed by atoms with van der Waals surface area (Å²) >= 11 is 2.73. The zero-order valence-electron chi connectivity index (χ0n) is 13.4. The van der Waals surface area contributed by atoms with Gasteiger partial charge in [-0.15, -0.1) is 11.3 Å². The van der Waals surface area contributed by atoms with E-state index in [0.29, 0.717) is 5.69 Å². The van der Waals surface area contributed by atoms with Gasteiger partial charge in [-0.3, -0.25) is 19.3 Å². The number of rotatable bonds is 4. The number of hydrogen-bond donors (Lipinski definition) is 1. The van der Waals surface area contributed by atoms with Crippen molar-refractivity contribution < 1.29 is 14.4 Å². The van der Waals surface area contributed by atoms with Gasteiger partial charge in [0, 0.05) is 0 Å². The van der Waals surface area contributed by atoms with Crippen LogP contribution < -0.4 is 10.6 Å². The van der Waals surface area contributed by atoms with E-state index in [1.165, 1.54) is 28.0 Å². The molecule has 8 heteroatoms. The number of thiazole rings is 1. The Bertz CT molecular complexity index is 855. The number of fused-ring (bicyclic) bond motifs is 2. The average molecular weight is 375 g/mol. The molecule has 2 fully saturated rings. The van der Waals surface area contributed by atoms with E-state index >= 15 is 0 Å². The number of carbonyl (C=O) groups excluding carboxylic acids is 3. The van der Waals surface area contributed by atoms with Crippen molar-refractivity contribution in [1.29, 1.82) is 0 Å². The molecule has 1 saturated carbocycles. The molecule has 1 saturated heterocycles. The lowest BCUT2D eigenvalue weighted by Gasteiger charge is -2.19. The van der Waals surface area contributed by atoms with Crippen molar-refractivity contribution in [2.24, 2.45) is 17.6 Å². The molecule has 2 aromatic rings. The van der Waals surface area contributed by atoms with Crippen LogP contribution in [0.25, 0.3) is 10.2 Å². The molecule has 0 unspecified atom stereocenters. The van der Waals surface area contributed by atoms with Gasteiger partial charge in [-0.25, -0.2) is 4.98 Å². The Kier molecular flexibility index (Phi) is 4.24. The molecule has 4 rings (SSSR count). The van der Waals surface area contributed by atoms with Crippen molar-refractivity contribution in [2.75, 3.05) is 10.7 Å². The van der Waals surface area contributed by atoms with Crippen molar-refractivity contribution >= 4 is 56.7 Å². The van der Waals surface area contributed by atoms with Gasteiger partial charge < -0.3 is 5.73 Å². The molecule has 3 amide bonds. The van der Waals surface area contributed by atoms with Crippen LogP contribution in [0.4, 0.5) is 5.69 Å². The Morgan fingerprint density at radius 1 is 1.24 bits per heavy atom. The highest BCUT2D eigenvalue weighted by atomic mass is 32.2. The molecule has 2 N–H and O–H groups in total. The van der Waals surface area contributed by atoms with Gasteiger partial charge in [0.15, 0.2) is 4.34 Å². The van der Waals surface area contributed by atoms with Crippen molar-refractivity contribution in [1.82, 2.24) is 4.98 Å². The minimum atomic E-state index is -0.388. The van der Waals surface area contributed by atoms with E-state index in [4.69, 9.17) is 5.73 Å². The number of nitrogens with zero attached hydrogens (tertiary/aromatic N) is 2. The topological polar surface area (TPSA) is 93.4 Å². The van der Waals surface area contributed by atoms with Crippen molar-refractivity contribution in [3.05, 3.63) is 18.2 Å². The number of nitrogens with two attached hydrogens (primary N) is 1. The van der Waals surface area contributed by atoms with Crippen molar-refractivity contribution in [2.45, 2.75) is 30.0 Å². The Labute approximate surface area is 152 Å². The number of thioether (sulfide) groups is 1. The van der Waals surface area contributed by atoms with Crippen LogP contribution in [0.2, 0.25) is 0 Å². The molecular weight excluding hydrogens is 358 g/mol. The number of hydrogen-bond acceptors (Lipinski definition) is 6. The Morgan fingerprint density at radius 2 is 1.92 bits per heavy atom. The number of benzene rings is 1. The predicted molar refractivity (Wildman–Crippen MR) is 97.5 cm³/mol. The standard InChI is InChI=1S/C17H17N3O3S2/c18-14(21)8-24-17-19-12-6-5-9(7-13(12)25-17)20-15(22)10-3-1-2-4-11(10)16(20)23/h5-7,10-11H,1-4,8H2,(H2,18,21)/t10-,11+. The third-order valence-corrected chi connectivity index (χ3v) is 6.97. The molecule has 0 spiro atoms. The van der Waals surface area contributed by atoms with Gasteiger partial charge in [0.2, 0.25) is 17.7 Å². The monoisotopic (exact) mass is 375 g/mol. The lowest BCUT2D eigenvalue weighted by molar-refractivity contribution is -0.122. The van der Waals surface area contributed by atoms with Crippen LogP contribution in [0.1, 0.15) is 25.7 Å². The summed E-state index contributed by atoms with van der Waals surface area (Å²) in [6.07, 6.45) is 3.65. The van der Waals surface area contributed by atoms with Crippen LogP contribution in [0, 0.1) is 11.8 Å². The first kappa shape index (κ1) is 16.5. The zero-order valence-corrected chi connectivity index (χ0v) is 15.1. The normalized spacial score (nSPS) is 23.3. The highest BCUT2D eigenvalue weighted by molar-refractivity contribution is 8.01. The summed E-state index contributed by atoms with van der Waals surface area (Å²) in [5, 5.41) is 0. The fraction of sp³-hybridized carbons (Fsp3) is 0.412. The Balaban J connectivity index is 1.64. The van der Waals surface area contributed by atoms with Gasteiger partial charge in [-0.05, 0) is 31.0 Å². The first-order valence-corrected chi connectivity index (χ1v) is 10.0. The van der Waals surface area contributed by atoms with Crippen LogP contribution in [-0.2, 0) is 14.4 Å². The molecule has 2 heterocycles. The molecule has 1 aromatic carbocycles. The minimum absolute atomic E-state index is 0.0677. The maximum absolute atomic E-state index is 12.7. The summed E-state index contributed by atoms with van der Waals surface area (Å²) in [5.41, 5.74) is 6.57. The summed E-state index contributed by atoms with van der Waals surface area (Å²) in [5.74, 6) is -0.649. The van der Waals surface area contributed by atoms with Gasteiger partial charge in [0.05, 0.1) is 33.5 Å². The number of anilines is 1. The van der Waals surface area contributed by atoms with E-state index in [0.717, 1.165) is 40.2 Å². The maximum atomic E-state index is 12.7. The first-order valence-electron chi connectivity index (χ1n) is 8.24. The molecular formula is C17H17N3O3S2. The second-order valence-corrected chi connectivity index (χ2v) is 8.65. The van der Waals surface area contributed by atoms with Crippen LogP contribution in [0.3, 0.4) is 0 Å². The number of aromatic nitrogens is 1. The van der Waals surface area contributed by atoms with E-state index in [1.807, 2.05) is 12.1 Å². The number of amides is 3. The molecule has 0 radical (unpaired) electrons. The molecule has 25 heavy (non-hydrogen) atoms. The average Bonchev–Trinajstić information content (AvgIpc) is 3.12. The molecule has 6 nitrogen and oxygen atoms in total. The highest BCUT2D eigenvalue weighted by Crippen LogP contribution is 2.41. The molecule has 1 aliphatic carbocycles. The van der Waals surface area contributed by atoms with E-state index in [2.05, 4.69) is 4.98 Å². The third kappa shape index (κ3) is 2.93.